The fourth-order valence-electron chi connectivity index (χ4n) is 1.88. The Morgan fingerprint density at radius 1 is 1.64 bits per heavy atom. The first kappa shape index (κ1) is 9.94. The number of hydrogen-bond donors (Lipinski definition) is 1. The normalized spacial score (nSPS) is 20.5. The van der Waals surface area contributed by atoms with Gasteiger partial charge in [0.2, 0.25) is 0 Å². The molecule has 1 fully saturated rings. The summed E-state index contributed by atoms with van der Waals surface area (Å²) in [7, 11) is 0. The minimum Gasteiger partial charge on any atom is -0.327 e. The average Bonchev–Trinajstić information content (AvgIpc) is 2.90. The van der Waals surface area contributed by atoms with Crippen molar-refractivity contribution in [2.24, 2.45) is 11.1 Å². The van der Waals surface area contributed by atoms with E-state index in [0.717, 1.165) is 11.4 Å². The van der Waals surface area contributed by atoms with Crippen LogP contribution in [0.4, 0.5) is 0 Å². The lowest BCUT2D eigenvalue weighted by Crippen LogP contribution is -2.29. The van der Waals surface area contributed by atoms with Crippen molar-refractivity contribution in [1.29, 1.82) is 0 Å². The van der Waals surface area contributed by atoms with Crippen LogP contribution in [0.1, 0.15) is 25.3 Å². The van der Waals surface area contributed by atoms with E-state index in [4.69, 9.17) is 17.3 Å². The van der Waals surface area contributed by atoms with Crippen molar-refractivity contribution in [3.63, 3.8) is 0 Å². The van der Waals surface area contributed by atoms with Crippen LogP contribution in [0, 0.1) is 5.41 Å². The van der Waals surface area contributed by atoms with Crippen LogP contribution in [0.5, 0.6) is 0 Å². The van der Waals surface area contributed by atoms with E-state index in [2.05, 4.69) is 11.9 Å². The highest BCUT2D eigenvalue weighted by Crippen LogP contribution is 2.51. The van der Waals surface area contributed by atoms with Crippen molar-refractivity contribution in [3.05, 3.63) is 29.0 Å². The maximum absolute atomic E-state index is 6.06. The van der Waals surface area contributed by atoms with Gasteiger partial charge in [-0.15, -0.1) is 0 Å². The minimum absolute atomic E-state index is 0.256. The van der Waals surface area contributed by atoms with Crippen LogP contribution in [-0.4, -0.2) is 11.0 Å². The molecule has 0 amide bonds. The zero-order chi connectivity index (χ0) is 10.2. The van der Waals surface area contributed by atoms with Gasteiger partial charge in [0.05, 0.1) is 5.02 Å². The second kappa shape index (κ2) is 3.52. The molecule has 1 unspecified atom stereocenters. The number of halogens is 1. The second-order valence-electron chi connectivity index (χ2n) is 4.29. The smallest absolute Gasteiger partial charge is 0.0621 e. The van der Waals surface area contributed by atoms with Gasteiger partial charge in [-0.2, -0.15) is 0 Å². The highest BCUT2D eigenvalue weighted by molar-refractivity contribution is 6.31. The molecule has 1 atom stereocenters. The lowest BCUT2D eigenvalue weighted by atomic mass is 9.91. The quantitative estimate of drug-likeness (QED) is 0.832. The van der Waals surface area contributed by atoms with Crippen LogP contribution >= 0.6 is 11.6 Å². The molecule has 1 aromatic heterocycles. The van der Waals surface area contributed by atoms with Gasteiger partial charge in [-0.3, -0.25) is 4.98 Å². The molecule has 76 valence electrons. The highest BCUT2D eigenvalue weighted by atomic mass is 35.5. The molecule has 1 aliphatic carbocycles. The van der Waals surface area contributed by atoms with Crippen LogP contribution in [0.15, 0.2) is 18.5 Å². The molecule has 0 radical (unpaired) electrons. The Morgan fingerprint density at radius 2 is 2.36 bits per heavy atom. The predicted molar refractivity (Wildman–Crippen MR) is 58.3 cm³/mol. The molecular weight excluding hydrogens is 196 g/mol. The molecule has 2 N–H and O–H groups in total. The monoisotopic (exact) mass is 210 g/mol. The Kier molecular flexibility index (Phi) is 2.50. The predicted octanol–water partition coefficient (Wildman–Crippen LogP) is 2.40. The van der Waals surface area contributed by atoms with E-state index >= 15 is 0 Å². The Bertz CT molecular complexity index is 332. The Balaban J connectivity index is 2.15. The SMILES string of the molecule is CC(N)C1(Cc2ccncc2Cl)CC1. The molecule has 2 rings (SSSR count). The van der Waals surface area contributed by atoms with Gasteiger partial charge in [0.15, 0.2) is 0 Å². The zero-order valence-corrected chi connectivity index (χ0v) is 9.09. The largest absolute Gasteiger partial charge is 0.327 e. The van der Waals surface area contributed by atoms with Crippen molar-refractivity contribution in [1.82, 2.24) is 4.98 Å². The fraction of sp³-hybridized carbons (Fsp3) is 0.545. The third-order valence-corrected chi connectivity index (χ3v) is 3.60. The van der Waals surface area contributed by atoms with Crippen molar-refractivity contribution in [2.45, 2.75) is 32.2 Å². The molecule has 0 spiro atoms. The molecule has 1 heterocycles. The van der Waals surface area contributed by atoms with Crippen molar-refractivity contribution in [2.75, 3.05) is 0 Å². The first-order valence-corrected chi connectivity index (χ1v) is 5.36. The molecule has 0 aliphatic heterocycles. The maximum atomic E-state index is 6.06. The Hall–Kier alpha value is -0.600. The fourth-order valence-corrected chi connectivity index (χ4v) is 2.07. The van der Waals surface area contributed by atoms with Gasteiger partial charge in [0.25, 0.3) is 0 Å². The number of hydrogen-bond acceptors (Lipinski definition) is 2. The molecule has 2 nitrogen and oxygen atoms in total. The number of rotatable bonds is 3. The van der Waals surface area contributed by atoms with E-state index < -0.39 is 0 Å². The highest BCUT2D eigenvalue weighted by Gasteiger charge is 2.45. The van der Waals surface area contributed by atoms with Gasteiger partial charge in [-0.05, 0) is 43.2 Å². The van der Waals surface area contributed by atoms with E-state index in [0.29, 0.717) is 5.41 Å². The first-order chi connectivity index (χ1) is 6.64. The van der Waals surface area contributed by atoms with Crippen LogP contribution in [0.25, 0.3) is 0 Å². The molecular formula is C11H15ClN2. The summed E-state index contributed by atoms with van der Waals surface area (Å²) in [6.45, 7) is 2.09. The van der Waals surface area contributed by atoms with Gasteiger partial charge in [0, 0.05) is 18.4 Å². The number of pyridine rings is 1. The minimum atomic E-state index is 0.256. The van der Waals surface area contributed by atoms with Crippen LogP contribution in [0.3, 0.4) is 0 Å². The van der Waals surface area contributed by atoms with Crippen LogP contribution in [-0.2, 0) is 6.42 Å². The molecule has 0 saturated heterocycles. The van der Waals surface area contributed by atoms with Crippen LogP contribution in [0.2, 0.25) is 5.02 Å². The standard InChI is InChI=1S/C11H15ClN2/c1-8(13)11(3-4-11)6-9-2-5-14-7-10(9)12/h2,5,7-8H,3-4,6,13H2,1H3. The van der Waals surface area contributed by atoms with E-state index in [1.807, 2.05) is 6.07 Å². The molecule has 1 saturated carbocycles. The molecule has 3 heteroatoms. The van der Waals surface area contributed by atoms with Gasteiger partial charge in [-0.25, -0.2) is 0 Å². The van der Waals surface area contributed by atoms with E-state index in [1.165, 1.54) is 18.4 Å². The lowest BCUT2D eigenvalue weighted by Gasteiger charge is -2.19. The van der Waals surface area contributed by atoms with E-state index in [9.17, 15) is 0 Å². The molecule has 1 aliphatic rings. The van der Waals surface area contributed by atoms with Gasteiger partial charge in [0.1, 0.15) is 0 Å². The second-order valence-corrected chi connectivity index (χ2v) is 4.70. The Labute approximate surface area is 89.5 Å². The van der Waals surface area contributed by atoms with Crippen molar-refractivity contribution >= 4 is 11.6 Å². The van der Waals surface area contributed by atoms with Gasteiger partial charge in [-0.1, -0.05) is 11.6 Å². The molecule has 0 bridgehead atoms. The Morgan fingerprint density at radius 3 is 2.86 bits per heavy atom. The summed E-state index contributed by atoms with van der Waals surface area (Å²) in [6, 6.07) is 2.25. The summed E-state index contributed by atoms with van der Waals surface area (Å²) in [4.78, 5) is 3.98. The summed E-state index contributed by atoms with van der Waals surface area (Å²) in [5, 5.41) is 0.763. The zero-order valence-electron chi connectivity index (χ0n) is 8.33. The lowest BCUT2D eigenvalue weighted by molar-refractivity contribution is 0.418. The third kappa shape index (κ3) is 1.77. The first-order valence-electron chi connectivity index (χ1n) is 4.98. The van der Waals surface area contributed by atoms with Gasteiger partial charge < -0.3 is 5.73 Å². The topological polar surface area (TPSA) is 38.9 Å². The summed E-state index contributed by atoms with van der Waals surface area (Å²) in [6.07, 6.45) is 6.94. The number of aromatic nitrogens is 1. The maximum Gasteiger partial charge on any atom is 0.0621 e. The number of nitrogens with two attached hydrogens (primary N) is 1. The summed E-state index contributed by atoms with van der Waals surface area (Å²) < 4.78 is 0. The van der Waals surface area contributed by atoms with Crippen LogP contribution < -0.4 is 5.73 Å². The summed E-state index contributed by atoms with van der Waals surface area (Å²) >= 11 is 6.06. The summed E-state index contributed by atoms with van der Waals surface area (Å²) in [5.41, 5.74) is 7.46. The van der Waals surface area contributed by atoms with Gasteiger partial charge >= 0.3 is 0 Å². The number of nitrogens with zero attached hydrogens (tertiary/aromatic N) is 1. The third-order valence-electron chi connectivity index (χ3n) is 3.26. The molecule has 1 aromatic rings. The van der Waals surface area contributed by atoms with E-state index in [1.54, 1.807) is 12.4 Å². The molecule has 0 aromatic carbocycles. The van der Waals surface area contributed by atoms with Crippen molar-refractivity contribution < 1.29 is 0 Å². The average molecular weight is 211 g/mol. The molecule has 14 heavy (non-hydrogen) atoms. The summed E-state index contributed by atoms with van der Waals surface area (Å²) in [5.74, 6) is 0. The van der Waals surface area contributed by atoms with E-state index in [-0.39, 0.29) is 6.04 Å². The van der Waals surface area contributed by atoms with Crippen molar-refractivity contribution in [3.8, 4) is 0 Å².